The molecule has 1 aromatic rings. The van der Waals surface area contributed by atoms with Crippen LogP contribution in [0.1, 0.15) is 13.3 Å². The number of alkyl halides is 3. The van der Waals surface area contributed by atoms with Gasteiger partial charge in [-0.1, -0.05) is 28.9 Å². The zero-order valence-corrected chi connectivity index (χ0v) is 12.4. The molecular weight excluding hydrogens is 321 g/mol. The summed E-state index contributed by atoms with van der Waals surface area (Å²) >= 11 is 3.35. The van der Waals surface area contributed by atoms with E-state index in [2.05, 4.69) is 21.2 Å². The Morgan fingerprint density at radius 2 is 2.00 bits per heavy atom. The fourth-order valence-electron chi connectivity index (χ4n) is 1.80. The Balaban J connectivity index is 2.39. The second-order valence-corrected chi connectivity index (χ2v) is 5.24. The van der Waals surface area contributed by atoms with Crippen molar-refractivity contribution in [3.63, 3.8) is 0 Å². The van der Waals surface area contributed by atoms with E-state index in [4.69, 9.17) is 0 Å². The average molecular weight is 339 g/mol. The van der Waals surface area contributed by atoms with Crippen LogP contribution in [0.4, 0.5) is 18.9 Å². The molecule has 0 amide bonds. The van der Waals surface area contributed by atoms with Crippen molar-refractivity contribution >= 4 is 21.6 Å². The smallest absolute Gasteiger partial charge is 0.384 e. The lowest BCUT2D eigenvalue weighted by Crippen LogP contribution is -2.37. The Kier molecular flexibility index (Phi) is 6.65. The summed E-state index contributed by atoms with van der Waals surface area (Å²) in [5.41, 5.74) is 0.901. The minimum Gasteiger partial charge on any atom is -0.384 e. The molecule has 0 atom stereocenters. The number of rotatable bonds is 7. The molecular formula is C13H18BrF3N2. The summed E-state index contributed by atoms with van der Waals surface area (Å²) in [6, 6.07) is 7.57. The van der Waals surface area contributed by atoms with E-state index >= 15 is 0 Å². The van der Waals surface area contributed by atoms with Gasteiger partial charge in [0.2, 0.25) is 0 Å². The van der Waals surface area contributed by atoms with Gasteiger partial charge in [-0.25, -0.2) is 0 Å². The molecule has 6 heteroatoms. The van der Waals surface area contributed by atoms with Crippen molar-refractivity contribution in [2.45, 2.75) is 19.5 Å². The predicted octanol–water partition coefficient (Wildman–Crippen LogP) is 4.14. The summed E-state index contributed by atoms with van der Waals surface area (Å²) in [6.45, 7) is 2.36. The van der Waals surface area contributed by atoms with E-state index in [1.165, 1.54) is 4.90 Å². The molecule has 0 saturated heterocycles. The summed E-state index contributed by atoms with van der Waals surface area (Å²) in [4.78, 5) is 1.42. The zero-order chi connectivity index (χ0) is 14.3. The van der Waals surface area contributed by atoms with Gasteiger partial charge in [-0.3, -0.25) is 4.90 Å². The largest absolute Gasteiger partial charge is 0.401 e. The van der Waals surface area contributed by atoms with E-state index in [9.17, 15) is 13.2 Å². The molecule has 0 aliphatic heterocycles. The highest BCUT2D eigenvalue weighted by Crippen LogP contribution is 2.17. The number of nitrogens with zero attached hydrogens (tertiary/aromatic N) is 1. The van der Waals surface area contributed by atoms with Crippen LogP contribution in [0.15, 0.2) is 28.7 Å². The summed E-state index contributed by atoms with van der Waals surface area (Å²) < 4.78 is 38.0. The minimum absolute atomic E-state index is 0.375. The van der Waals surface area contributed by atoms with Crippen molar-refractivity contribution in [3.8, 4) is 0 Å². The van der Waals surface area contributed by atoms with E-state index in [1.54, 1.807) is 0 Å². The third-order valence-electron chi connectivity index (χ3n) is 2.52. The Labute approximate surface area is 120 Å². The van der Waals surface area contributed by atoms with Crippen molar-refractivity contribution in [1.82, 2.24) is 4.90 Å². The third-order valence-corrected chi connectivity index (χ3v) is 3.02. The second kappa shape index (κ2) is 7.75. The number of hydrogen-bond donors (Lipinski definition) is 1. The van der Waals surface area contributed by atoms with Gasteiger partial charge < -0.3 is 5.32 Å². The fourth-order valence-corrected chi connectivity index (χ4v) is 2.20. The molecule has 1 aromatic carbocycles. The van der Waals surface area contributed by atoms with Crippen LogP contribution in [-0.2, 0) is 0 Å². The monoisotopic (exact) mass is 338 g/mol. The molecule has 1 rings (SSSR count). The standard InChI is InChI=1S/C13H18BrF3N2/c1-2-7-19(10-13(15,16)17)8-6-18-12-5-3-4-11(14)9-12/h3-5,9,18H,2,6-8,10H2,1H3. The first kappa shape index (κ1) is 16.3. The second-order valence-electron chi connectivity index (χ2n) is 4.33. The average Bonchev–Trinajstić information content (AvgIpc) is 2.27. The Bertz CT molecular complexity index is 382. The molecule has 0 heterocycles. The summed E-state index contributed by atoms with van der Waals surface area (Å²) in [6.07, 6.45) is -3.42. The van der Waals surface area contributed by atoms with Gasteiger partial charge in [0, 0.05) is 23.2 Å². The topological polar surface area (TPSA) is 15.3 Å². The Morgan fingerprint density at radius 1 is 1.26 bits per heavy atom. The lowest BCUT2D eigenvalue weighted by molar-refractivity contribution is -0.145. The molecule has 19 heavy (non-hydrogen) atoms. The molecule has 0 aromatic heterocycles. The van der Waals surface area contributed by atoms with Gasteiger partial charge in [0.05, 0.1) is 6.54 Å². The van der Waals surface area contributed by atoms with Crippen LogP contribution >= 0.6 is 15.9 Å². The summed E-state index contributed by atoms with van der Waals surface area (Å²) in [5.74, 6) is 0. The van der Waals surface area contributed by atoms with Crippen molar-refractivity contribution in [2.75, 3.05) is 31.5 Å². The van der Waals surface area contributed by atoms with Crippen LogP contribution in [0.2, 0.25) is 0 Å². The van der Waals surface area contributed by atoms with Gasteiger partial charge in [-0.15, -0.1) is 0 Å². The molecule has 0 spiro atoms. The highest BCUT2D eigenvalue weighted by molar-refractivity contribution is 9.10. The molecule has 0 saturated carbocycles. The van der Waals surface area contributed by atoms with Gasteiger partial charge >= 0.3 is 6.18 Å². The highest BCUT2D eigenvalue weighted by atomic mass is 79.9. The molecule has 0 bridgehead atoms. The molecule has 0 fully saturated rings. The number of benzene rings is 1. The maximum Gasteiger partial charge on any atom is 0.401 e. The SMILES string of the molecule is CCCN(CCNc1cccc(Br)c1)CC(F)(F)F. The maximum atomic E-state index is 12.4. The van der Waals surface area contributed by atoms with E-state index < -0.39 is 12.7 Å². The molecule has 0 unspecified atom stereocenters. The quantitative estimate of drug-likeness (QED) is 0.803. The molecule has 108 valence electrons. The van der Waals surface area contributed by atoms with Crippen LogP contribution in [0.5, 0.6) is 0 Å². The van der Waals surface area contributed by atoms with E-state index in [-0.39, 0.29) is 0 Å². The van der Waals surface area contributed by atoms with E-state index in [1.807, 2.05) is 31.2 Å². The van der Waals surface area contributed by atoms with Crippen molar-refractivity contribution in [2.24, 2.45) is 0 Å². The first-order valence-electron chi connectivity index (χ1n) is 6.19. The van der Waals surface area contributed by atoms with Crippen LogP contribution in [0.25, 0.3) is 0 Å². The van der Waals surface area contributed by atoms with E-state index in [0.29, 0.717) is 26.1 Å². The molecule has 0 aliphatic rings. The van der Waals surface area contributed by atoms with E-state index in [0.717, 1.165) is 10.2 Å². The zero-order valence-electron chi connectivity index (χ0n) is 10.8. The summed E-state index contributed by atoms with van der Waals surface area (Å²) in [5, 5.41) is 3.12. The number of halogens is 4. The van der Waals surface area contributed by atoms with Crippen molar-refractivity contribution in [3.05, 3.63) is 28.7 Å². The Hall–Kier alpha value is -0.750. The van der Waals surface area contributed by atoms with Crippen LogP contribution in [0, 0.1) is 0 Å². The molecule has 2 nitrogen and oxygen atoms in total. The molecule has 0 aliphatic carbocycles. The van der Waals surface area contributed by atoms with Crippen LogP contribution in [0.3, 0.4) is 0 Å². The lowest BCUT2D eigenvalue weighted by Gasteiger charge is -2.23. The fraction of sp³-hybridized carbons (Fsp3) is 0.538. The normalized spacial score (nSPS) is 11.9. The highest BCUT2D eigenvalue weighted by Gasteiger charge is 2.29. The van der Waals surface area contributed by atoms with Gasteiger partial charge in [-0.05, 0) is 31.2 Å². The van der Waals surface area contributed by atoms with Gasteiger partial charge in [0.1, 0.15) is 0 Å². The lowest BCUT2D eigenvalue weighted by atomic mass is 10.3. The van der Waals surface area contributed by atoms with Gasteiger partial charge in [0.15, 0.2) is 0 Å². The summed E-state index contributed by atoms with van der Waals surface area (Å²) in [7, 11) is 0. The third kappa shape index (κ3) is 7.42. The number of nitrogens with one attached hydrogen (secondary N) is 1. The number of hydrogen-bond acceptors (Lipinski definition) is 2. The minimum atomic E-state index is -4.13. The predicted molar refractivity (Wildman–Crippen MR) is 75.4 cm³/mol. The van der Waals surface area contributed by atoms with Gasteiger partial charge in [0.25, 0.3) is 0 Å². The maximum absolute atomic E-state index is 12.4. The molecule has 1 N–H and O–H groups in total. The van der Waals surface area contributed by atoms with Crippen molar-refractivity contribution < 1.29 is 13.2 Å². The molecule has 0 radical (unpaired) electrons. The first-order valence-corrected chi connectivity index (χ1v) is 6.98. The first-order chi connectivity index (χ1) is 8.90. The number of anilines is 1. The van der Waals surface area contributed by atoms with Gasteiger partial charge in [-0.2, -0.15) is 13.2 Å². The van der Waals surface area contributed by atoms with Crippen LogP contribution in [-0.4, -0.2) is 37.3 Å². The van der Waals surface area contributed by atoms with Crippen molar-refractivity contribution in [1.29, 1.82) is 0 Å². The van der Waals surface area contributed by atoms with Crippen LogP contribution < -0.4 is 5.32 Å². The Morgan fingerprint density at radius 3 is 2.58 bits per heavy atom.